The number of benzene rings is 4. The molecule has 0 unspecified atom stereocenters. The molecule has 0 atom stereocenters. The largest absolute Gasteiger partial charge is 0.282 e. The van der Waals surface area contributed by atoms with Crippen LogP contribution in [-0.4, -0.2) is 10.2 Å². The molecular formula is C26H20O2S2. The molecule has 0 spiro atoms. The zero-order valence-corrected chi connectivity index (χ0v) is 17.9. The van der Waals surface area contributed by atoms with Crippen LogP contribution in [0.25, 0.3) is 22.3 Å². The fourth-order valence-electron chi connectivity index (χ4n) is 3.09. The summed E-state index contributed by atoms with van der Waals surface area (Å²) in [6.45, 7) is 0. The molecule has 2 nitrogen and oxygen atoms in total. The van der Waals surface area contributed by atoms with Crippen LogP contribution in [-0.2, 0) is 0 Å². The highest BCUT2D eigenvalue weighted by atomic mass is 32.1. The fourth-order valence-corrected chi connectivity index (χ4v) is 3.42. The molecule has 0 amide bonds. The van der Waals surface area contributed by atoms with Crippen LogP contribution >= 0.6 is 25.3 Å². The van der Waals surface area contributed by atoms with Crippen molar-refractivity contribution in [2.75, 3.05) is 0 Å². The lowest BCUT2D eigenvalue weighted by atomic mass is 9.91. The van der Waals surface area contributed by atoms with Crippen molar-refractivity contribution in [3.63, 3.8) is 0 Å². The predicted molar refractivity (Wildman–Crippen MR) is 130 cm³/mol. The van der Waals surface area contributed by atoms with Crippen molar-refractivity contribution >= 4 is 35.5 Å². The number of thiol groups is 2. The molecule has 4 aromatic carbocycles. The first-order valence-corrected chi connectivity index (χ1v) is 10.2. The Kier molecular flexibility index (Phi) is 7.66. The molecule has 0 saturated carbocycles. The average molecular weight is 429 g/mol. The summed E-state index contributed by atoms with van der Waals surface area (Å²) >= 11 is 7.68. The van der Waals surface area contributed by atoms with Gasteiger partial charge < -0.3 is 0 Å². The molecule has 0 aliphatic heterocycles. The van der Waals surface area contributed by atoms with Gasteiger partial charge in [0.15, 0.2) is 0 Å². The fraction of sp³-hybridized carbons (Fsp3) is 0. The van der Waals surface area contributed by atoms with Gasteiger partial charge in [-0.1, -0.05) is 103 Å². The molecule has 0 bridgehead atoms. The first kappa shape index (κ1) is 21.6. The Morgan fingerprint density at radius 2 is 1.00 bits per heavy atom. The molecule has 0 aromatic heterocycles. The summed E-state index contributed by atoms with van der Waals surface area (Å²) in [7, 11) is 0. The molecule has 0 saturated heterocycles. The molecular weight excluding hydrogens is 408 g/mol. The van der Waals surface area contributed by atoms with Gasteiger partial charge in [-0.05, 0) is 22.8 Å². The third-order valence-electron chi connectivity index (χ3n) is 4.46. The van der Waals surface area contributed by atoms with E-state index in [0.717, 1.165) is 22.3 Å². The summed E-state index contributed by atoms with van der Waals surface area (Å²) in [5.74, 6) is 0. The molecule has 0 aliphatic carbocycles. The average Bonchev–Trinajstić information content (AvgIpc) is 2.80. The smallest absolute Gasteiger partial charge is 0.216 e. The number of hydrogen-bond donors (Lipinski definition) is 2. The van der Waals surface area contributed by atoms with Crippen LogP contribution in [0.5, 0.6) is 0 Å². The van der Waals surface area contributed by atoms with E-state index in [2.05, 4.69) is 37.4 Å². The Balaban J connectivity index is 0.000000239. The van der Waals surface area contributed by atoms with E-state index in [-0.39, 0.29) is 10.2 Å². The lowest BCUT2D eigenvalue weighted by Gasteiger charge is -2.13. The highest BCUT2D eigenvalue weighted by Crippen LogP contribution is 2.35. The van der Waals surface area contributed by atoms with E-state index in [4.69, 9.17) is 0 Å². The minimum Gasteiger partial charge on any atom is -0.282 e. The second-order valence-electron chi connectivity index (χ2n) is 6.44. The quantitative estimate of drug-likeness (QED) is 0.349. The predicted octanol–water partition coefficient (Wildman–Crippen LogP) is 6.85. The van der Waals surface area contributed by atoms with E-state index in [0.29, 0.717) is 11.1 Å². The Morgan fingerprint density at radius 1 is 0.500 bits per heavy atom. The van der Waals surface area contributed by atoms with Crippen LogP contribution in [0.4, 0.5) is 0 Å². The minimum absolute atomic E-state index is 0.185. The lowest BCUT2D eigenvalue weighted by Crippen LogP contribution is -1.96. The maximum Gasteiger partial charge on any atom is 0.216 e. The maximum absolute atomic E-state index is 11.9. The summed E-state index contributed by atoms with van der Waals surface area (Å²) in [5.41, 5.74) is 5.36. The van der Waals surface area contributed by atoms with Gasteiger partial charge >= 0.3 is 0 Å². The molecule has 0 heterocycles. The van der Waals surface area contributed by atoms with Gasteiger partial charge in [0.25, 0.3) is 0 Å². The van der Waals surface area contributed by atoms with Crippen LogP contribution in [0.1, 0.15) is 20.7 Å². The number of rotatable bonds is 4. The Bertz CT molecular complexity index is 1130. The molecule has 0 aliphatic rings. The van der Waals surface area contributed by atoms with E-state index >= 15 is 0 Å². The van der Waals surface area contributed by atoms with E-state index in [9.17, 15) is 9.59 Å². The van der Waals surface area contributed by atoms with Gasteiger partial charge in [-0.25, -0.2) is 0 Å². The molecule has 30 heavy (non-hydrogen) atoms. The van der Waals surface area contributed by atoms with Crippen LogP contribution < -0.4 is 0 Å². The van der Waals surface area contributed by atoms with E-state index in [1.807, 2.05) is 84.9 Å². The zero-order chi connectivity index (χ0) is 21.3. The second-order valence-corrected chi connectivity index (χ2v) is 7.25. The van der Waals surface area contributed by atoms with Gasteiger partial charge in [-0.3, -0.25) is 9.59 Å². The summed E-state index contributed by atoms with van der Waals surface area (Å²) in [6.07, 6.45) is 0. The van der Waals surface area contributed by atoms with Crippen molar-refractivity contribution in [3.05, 3.63) is 120 Å². The zero-order valence-electron chi connectivity index (χ0n) is 16.1. The highest BCUT2D eigenvalue weighted by molar-refractivity contribution is 7.97. The van der Waals surface area contributed by atoms with Crippen LogP contribution in [0.2, 0.25) is 0 Å². The number of hydrogen-bond acceptors (Lipinski definition) is 2. The SMILES string of the molecule is O=C(S)c1cccc(-c2ccccc2)c1-c1ccccc1.O=C(S)c1ccccc1. The van der Waals surface area contributed by atoms with E-state index in [1.165, 1.54) is 0 Å². The Labute approximate surface area is 187 Å². The molecule has 0 radical (unpaired) electrons. The molecule has 4 aromatic rings. The van der Waals surface area contributed by atoms with Gasteiger partial charge in [0.05, 0.1) is 0 Å². The number of carbonyl (C=O) groups is 2. The van der Waals surface area contributed by atoms with Gasteiger partial charge in [0.2, 0.25) is 10.2 Å². The van der Waals surface area contributed by atoms with E-state index < -0.39 is 0 Å². The number of carbonyl (C=O) groups excluding carboxylic acids is 2. The highest BCUT2D eigenvalue weighted by Gasteiger charge is 2.15. The first-order valence-electron chi connectivity index (χ1n) is 9.33. The van der Waals surface area contributed by atoms with Gasteiger partial charge in [-0.2, -0.15) is 0 Å². The van der Waals surface area contributed by atoms with Gasteiger partial charge in [-0.15, -0.1) is 25.3 Å². The molecule has 0 N–H and O–H groups in total. The van der Waals surface area contributed by atoms with Crippen LogP contribution in [0.15, 0.2) is 109 Å². The Hall–Kier alpha value is -3.08. The van der Waals surface area contributed by atoms with E-state index in [1.54, 1.807) is 12.1 Å². The molecule has 4 rings (SSSR count). The standard InChI is InChI=1S/C19H14OS.C7H6OS/c20-19(21)17-13-7-12-16(14-8-3-1-4-9-14)18(17)15-10-5-2-6-11-15;8-7(9)6-4-2-1-3-5-6/h1-13H,(H,20,21);1-5H,(H,8,9). The van der Waals surface area contributed by atoms with Gasteiger partial charge in [0, 0.05) is 16.7 Å². The normalized spacial score (nSPS) is 9.93. The molecule has 148 valence electrons. The summed E-state index contributed by atoms with van der Waals surface area (Å²) in [4.78, 5) is 22.4. The summed E-state index contributed by atoms with van der Waals surface area (Å²) in [5, 5.41) is -0.401. The third-order valence-corrected chi connectivity index (χ3v) is 4.96. The summed E-state index contributed by atoms with van der Waals surface area (Å²) in [6, 6.07) is 34.7. The van der Waals surface area contributed by atoms with Crippen molar-refractivity contribution in [3.8, 4) is 22.3 Å². The van der Waals surface area contributed by atoms with Crippen molar-refractivity contribution in [2.45, 2.75) is 0 Å². The second kappa shape index (κ2) is 10.6. The topological polar surface area (TPSA) is 34.1 Å². The minimum atomic E-state index is -0.216. The Morgan fingerprint density at radius 3 is 1.47 bits per heavy atom. The van der Waals surface area contributed by atoms with Crippen LogP contribution in [0, 0.1) is 0 Å². The molecule has 4 heteroatoms. The maximum atomic E-state index is 11.9. The summed E-state index contributed by atoms with van der Waals surface area (Å²) < 4.78 is 0. The van der Waals surface area contributed by atoms with Gasteiger partial charge in [0.1, 0.15) is 0 Å². The van der Waals surface area contributed by atoms with Crippen molar-refractivity contribution in [2.24, 2.45) is 0 Å². The monoisotopic (exact) mass is 428 g/mol. The first-order chi connectivity index (χ1) is 14.6. The van der Waals surface area contributed by atoms with Crippen molar-refractivity contribution in [1.82, 2.24) is 0 Å². The third kappa shape index (κ3) is 5.50. The van der Waals surface area contributed by atoms with Crippen LogP contribution in [0.3, 0.4) is 0 Å². The lowest BCUT2D eigenvalue weighted by molar-refractivity contribution is 0.108. The van der Waals surface area contributed by atoms with Crippen molar-refractivity contribution in [1.29, 1.82) is 0 Å². The van der Waals surface area contributed by atoms with Crippen molar-refractivity contribution < 1.29 is 9.59 Å². The molecule has 0 fully saturated rings.